The van der Waals surface area contributed by atoms with Crippen molar-refractivity contribution >= 4 is 34.9 Å². The van der Waals surface area contributed by atoms with Crippen molar-refractivity contribution in [3.63, 3.8) is 0 Å². The fourth-order valence-electron chi connectivity index (χ4n) is 2.84. The molecule has 21 heavy (non-hydrogen) atoms. The normalized spacial score (nSPS) is 17.7. The summed E-state index contributed by atoms with van der Waals surface area (Å²) in [7, 11) is 0. The third-order valence-corrected chi connectivity index (χ3v) is 3.88. The number of amides is 1. The van der Waals surface area contributed by atoms with E-state index < -0.39 is 0 Å². The average molecular weight is 308 g/mol. The lowest BCUT2D eigenvalue weighted by Crippen LogP contribution is -2.35. The lowest BCUT2D eigenvalue weighted by molar-refractivity contribution is -0.117. The summed E-state index contributed by atoms with van der Waals surface area (Å²) in [6.45, 7) is 4.12. The number of aromatic nitrogens is 1. The first-order chi connectivity index (χ1) is 9.78. The van der Waals surface area contributed by atoms with Gasteiger partial charge < -0.3 is 15.2 Å². The smallest absolute Gasteiger partial charge is 0.241 e. The van der Waals surface area contributed by atoms with E-state index in [2.05, 4.69) is 46.5 Å². The molecule has 0 saturated carbocycles. The molecule has 2 heterocycles. The van der Waals surface area contributed by atoms with Crippen LogP contribution in [0.1, 0.15) is 26.2 Å². The number of halogens is 1. The molecule has 0 bridgehead atoms. The molecule has 5 heteroatoms. The number of carbonyl (C=O) groups excluding carboxylic acids is 1. The first-order valence-electron chi connectivity index (χ1n) is 7.41. The molecule has 0 radical (unpaired) electrons. The van der Waals surface area contributed by atoms with Crippen molar-refractivity contribution in [2.45, 2.75) is 38.8 Å². The van der Waals surface area contributed by atoms with E-state index in [1.807, 2.05) is 6.07 Å². The number of nitrogens with one attached hydrogen (secondary N) is 2. The summed E-state index contributed by atoms with van der Waals surface area (Å²) in [5.74, 6) is 0.0791. The van der Waals surface area contributed by atoms with Crippen molar-refractivity contribution in [1.29, 1.82) is 0 Å². The van der Waals surface area contributed by atoms with Gasteiger partial charge in [0.2, 0.25) is 5.91 Å². The van der Waals surface area contributed by atoms with Crippen LogP contribution in [0.2, 0.25) is 0 Å². The summed E-state index contributed by atoms with van der Waals surface area (Å²) in [6, 6.07) is 8.20. The highest BCUT2D eigenvalue weighted by Crippen LogP contribution is 2.21. The van der Waals surface area contributed by atoms with Crippen LogP contribution in [0.15, 0.2) is 30.5 Å². The number of benzene rings is 1. The van der Waals surface area contributed by atoms with Gasteiger partial charge in [-0.1, -0.05) is 13.0 Å². The third-order valence-electron chi connectivity index (χ3n) is 3.88. The molecule has 1 atom stereocenters. The number of carbonyl (C=O) groups is 1. The van der Waals surface area contributed by atoms with E-state index in [-0.39, 0.29) is 24.4 Å². The molecule has 2 N–H and O–H groups in total. The Balaban J connectivity index is 0.00000161. The van der Waals surface area contributed by atoms with Crippen LogP contribution in [0.4, 0.5) is 5.69 Å². The second kappa shape index (κ2) is 6.96. The Labute approximate surface area is 131 Å². The average Bonchev–Trinajstić information content (AvgIpc) is 3.09. The molecule has 1 aliphatic heterocycles. The highest BCUT2D eigenvalue weighted by atomic mass is 35.5. The maximum atomic E-state index is 12.1. The number of rotatable bonds is 4. The molecule has 1 saturated heterocycles. The number of nitrogens with zero attached hydrogens (tertiary/aromatic N) is 1. The van der Waals surface area contributed by atoms with Crippen LogP contribution in [-0.4, -0.2) is 23.1 Å². The van der Waals surface area contributed by atoms with E-state index in [1.54, 1.807) is 0 Å². The molecule has 0 aliphatic carbocycles. The lowest BCUT2D eigenvalue weighted by Gasteiger charge is -2.12. The van der Waals surface area contributed by atoms with Crippen LogP contribution in [0, 0.1) is 0 Å². The SMILES string of the molecule is CCCn1ccc2ccc(NC(=O)C3CCCN3)cc21.Cl. The van der Waals surface area contributed by atoms with E-state index >= 15 is 0 Å². The predicted molar refractivity (Wildman–Crippen MR) is 89.1 cm³/mol. The van der Waals surface area contributed by atoms with E-state index in [9.17, 15) is 4.79 Å². The highest BCUT2D eigenvalue weighted by molar-refractivity contribution is 5.97. The summed E-state index contributed by atoms with van der Waals surface area (Å²) >= 11 is 0. The molecule has 1 aromatic carbocycles. The number of aryl methyl sites for hydroxylation is 1. The summed E-state index contributed by atoms with van der Waals surface area (Å²) < 4.78 is 2.23. The molecule has 1 amide bonds. The van der Waals surface area contributed by atoms with Gasteiger partial charge in [-0.15, -0.1) is 12.4 Å². The van der Waals surface area contributed by atoms with Gasteiger partial charge in [0.15, 0.2) is 0 Å². The van der Waals surface area contributed by atoms with Gasteiger partial charge in [0, 0.05) is 18.4 Å². The van der Waals surface area contributed by atoms with Gasteiger partial charge in [0.1, 0.15) is 0 Å². The van der Waals surface area contributed by atoms with Gasteiger partial charge >= 0.3 is 0 Å². The Kier molecular flexibility index (Phi) is 5.26. The lowest BCUT2D eigenvalue weighted by atomic mass is 10.2. The Morgan fingerprint density at radius 3 is 3.00 bits per heavy atom. The van der Waals surface area contributed by atoms with Gasteiger partial charge in [-0.3, -0.25) is 4.79 Å². The summed E-state index contributed by atoms with van der Waals surface area (Å²) in [6.07, 6.45) is 5.22. The van der Waals surface area contributed by atoms with Crippen LogP contribution in [0.5, 0.6) is 0 Å². The zero-order chi connectivity index (χ0) is 13.9. The minimum atomic E-state index is -0.0341. The molecule has 1 aromatic heterocycles. The minimum absolute atomic E-state index is 0. The molecule has 114 valence electrons. The topological polar surface area (TPSA) is 46.1 Å². The second-order valence-electron chi connectivity index (χ2n) is 5.42. The molecule has 2 aromatic rings. The van der Waals surface area contributed by atoms with Crippen molar-refractivity contribution in [3.8, 4) is 0 Å². The van der Waals surface area contributed by atoms with Crippen molar-refractivity contribution in [1.82, 2.24) is 9.88 Å². The molecular weight excluding hydrogens is 286 g/mol. The minimum Gasteiger partial charge on any atom is -0.347 e. The fourth-order valence-corrected chi connectivity index (χ4v) is 2.84. The highest BCUT2D eigenvalue weighted by Gasteiger charge is 2.21. The Morgan fingerprint density at radius 2 is 2.29 bits per heavy atom. The van der Waals surface area contributed by atoms with Gasteiger partial charge in [-0.25, -0.2) is 0 Å². The Hall–Kier alpha value is -1.52. The number of fused-ring (bicyclic) bond motifs is 1. The summed E-state index contributed by atoms with van der Waals surface area (Å²) in [5, 5.41) is 7.46. The quantitative estimate of drug-likeness (QED) is 0.911. The van der Waals surface area contributed by atoms with Crippen LogP contribution in [0.25, 0.3) is 10.9 Å². The monoisotopic (exact) mass is 307 g/mol. The molecule has 1 aliphatic rings. The van der Waals surface area contributed by atoms with Crippen molar-refractivity contribution < 1.29 is 4.79 Å². The predicted octanol–water partition coefficient (Wildman–Crippen LogP) is 3.16. The first-order valence-corrected chi connectivity index (χ1v) is 7.41. The van der Waals surface area contributed by atoms with E-state index in [0.29, 0.717) is 0 Å². The summed E-state index contributed by atoms with van der Waals surface area (Å²) in [5.41, 5.74) is 2.07. The number of hydrogen-bond acceptors (Lipinski definition) is 2. The number of anilines is 1. The molecule has 4 nitrogen and oxygen atoms in total. The van der Waals surface area contributed by atoms with Gasteiger partial charge in [-0.05, 0) is 49.4 Å². The van der Waals surface area contributed by atoms with Crippen LogP contribution < -0.4 is 10.6 Å². The standard InChI is InChI=1S/C16H21N3O.ClH/c1-2-9-19-10-7-12-5-6-13(11-15(12)19)18-16(20)14-4-3-8-17-14;/h5-7,10-11,14,17H,2-4,8-9H2,1H3,(H,18,20);1H. The number of hydrogen-bond donors (Lipinski definition) is 2. The second-order valence-corrected chi connectivity index (χ2v) is 5.42. The maximum absolute atomic E-state index is 12.1. The molecule has 1 unspecified atom stereocenters. The van der Waals surface area contributed by atoms with Crippen molar-refractivity contribution in [3.05, 3.63) is 30.5 Å². The Morgan fingerprint density at radius 1 is 1.43 bits per heavy atom. The van der Waals surface area contributed by atoms with Gasteiger partial charge in [0.05, 0.1) is 11.6 Å². The van der Waals surface area contributed by atoms with E-state index in [0.717, 1.165) is 38.0 Å². The molecule has 3 rings (SSSR count). The largest absolute Gasteiger partial charge is 0.347 e. The fraction of sp³-hybridized carbons (Fsp3) is 0.438. The van der Waals surface area contributed by atoms with Crippen LogP contribution in [0.3, 0.4) is 0 Å². The Bertz CT molecular complexity index is 617. The molecule has 1 fully saturated rings. The van der Waals surface area contributed by atoms with Gasteiger partial charge in [-0.2, -0.15) is 0 Å². The molecule has 0 spiro atoms. The zero-order valence-electron chi connectivity index (χ0n) is 12.3. The third kappa shape index (κ3) is 3.39. The van der Waals surface area contributed by atoms with Crippen LogP contribution >= 0.6 is 12.4 Å². The van der Waals surface area contributed by atoms with E-state index in [4.69, 9.17) is 0 Å². The van der Waals surface area contributed by atoms with Crippen LogP contribution in [-0.2, 0) is 11.3 Å². The van der Waals surface area contributed by atoms with E-state index in [1.165, 1.54) is 10.9 Å². The summed E-state index contributed by atoms with van der Waals surface area (Å²) in [4.78, 5) is 12.1. The van der Waals surface area contributed by atoms with Crippen molar-refractivity contribution in [2.24, 2.45) is 0 Å². The first kappa shape index (κ1) is 15.9. The maximum Gasteiger partial charge on any atom is 0.241 e. The molecular formula is C16H22ClN3O. The zero-order valence-corrected chi connectivity index (χ0v) is 13.1. The van der Waals surface area contributed by atoms with Crippen molar-refractivity contribution in [2.75, 3.05) is 11.9 Å². The van der Waals surface area contributed by atoms with Gasteiger partial charge in [0.25, 0.3) is 0 Å².